The van der Waals surface area contributed by atoms with Gasteiger partial charge in [0, 0.05) is 22.2 Å². The van der Waals surface area contributed by atoms with Gasteiger partial charge in [-0.25, -0.2) is 0 Å². The standard InChI is InChI=1S/C17H21Cl2NO3/c18-13-8-14(19)10-15(9-13)20-16(21)11-23-17(22)7-6-12-4-2-1-3-5-12/h8-10,12H,1-7,11H2,(H,20,21). The van der Waals surface area contributed by atoms with Crippen LogP contribution in [0.4, 0.5) is 5.69 Å². The number of esters is 1. The molecule has 0 saturated heterocycles. The van der Waals surface area contributed by atoms with Crippen LogP contribution in [0, 0.1) is 5.92 Å². The average molecular weight is 358 g/mol. The van der Waals surface area contributed by atoms with E-state index in [1.807, 2.05) is 0 Å². The quantitative estimate of drug-likeness (QED) is 0.741. The Hall–Kier alpha value is -1.26. The Morgan fingerprint density at radius 1 is 1.09 bits per heavy atom. The van der Waals surface area contributed by atoms with Crippen molar-refractivity contribution in [2.45, 2.75) is 44.9 Å². The van der Waals surface area contributed by atoms with Crippen molar-refractivity contribution in [3.63, 3.8) is 0 Å². The van der Waals surface area contributed by atoms with Gasteiger partial charge in [0.25, 0.3) is 5.91 Å². The highest BCUT2D eigenvalue weighted by Crippen LogP contribution is 2.27. The lowest BCUT2D eigenvalue weighted by Gasteiger charge is -2.20. The zero-order valence-corrected chi connectivity index (χ0v) is 14.5. The maximum Gasteiger partial charge on any atom is 0.306 e. The largest absolute Gasteiger partial charge is 0.456 e. The van der Waals surface area contributed by atoms with Gasteiger partial charge in [0.05, 0.1) is 0 Å². The monoisotopic (exact) mass is 357 g/mol. The van der Waals surface area contributed by atoms with E-state index < -0.39 is 5.91 Å². The zero-order valence-electron chi connectivity index (χ0n) is 12.9. The third-order valence-electron chi connectivity index (χ3n) is 3.99. The Labute approximate surface area is 146 Å². The number of ether oxygens (including phenoxy) is 1. The van der Waals surface area contributed by atoms with E-state index in [9.17, 15) is 9.59 Å². The number of amides is 1. The van der Waals surface area contributed by atoms with Crippen molar-refractivity contribution < 1.29 is 14.3 Å². The number of carbonyl (C=O) groups is 2. The summed E-state index contributed by atoms with van der Waals surface area (Å²) in [6.45, 7) is -0.298. The molecule has 1 aromatic rings. The van der Waals surface area contributed by atoms with Crippen LogP contribution in [0.5, 0.6) is 0 Å². The van der Waals surface area contributed by atoms with E-state index in [0.717, 1.165) is 6.42 Å². The Morgan fingerprint density at radius 3 is 2.39 bits per heavy atom. The van der Waals surface area contributed by atoms with E-state index in [4.69, 9.17) is 27.9 Å². The highest BCUT2D eigenvalue weighted by atomic mass is 35.5. The van der Waals surface area contributed by atoms with Crippen molar-refractivity contribution in [3.05, 3.63) is 28.2 Å². The molecule has 1 aliphatic carbocycles. The normalized spacial score (nSPS) is 15.2. The Bertz CT molecular complexity index is 537. The second-order valence-corrected chi connectivity index (χ2v) is 6.78. The van der Waals surface area contributed by atoms with Crippen LogP contribution in [-0.4, -0.2) is 18.5 Å². The molecule has 6 heteroatoms. The molecular formula is C17H21Cl2NO3. The second kappa shape index (κ2) is 9.14. The number of hydrogen-bond acceptors (Lipinski definition) is 3. The summed E-state index contributed by atoms with van der Waals surface area (Å²) in [5.41, 5.74) is 0.478. The molecule has 23 heavy (non-hydrogen) atoms. The van der Waals surface area contributed by atoms with Crippen LogP contribution in [-0.2, 0) is 14.3 Å². The molecule has 0 unspecified atom stereocenters. The van der Waals surface area contributed by atoms with Crippen molar-refractivity contribution in [1.82, 2.24) is 0 Å². The lowest BCUT2D eigenvalue weighted by Crippen LogP contribution is -2.21. The molecule has 0 atom stereocenters. The maximum absolute atomic E-state index is 11.8. The summed E-state index contributed by atoms with van der Waals surface area (Å²) in [5, 5.41) is 3.46. The van der Waals surface area contributed by atoms with Crippen molar-refractivity contribution in [3.8, 4) is 0 Å². The predicted molar refractivity (Wildman–Crippen MR) is 91.9 cm³/mol. The smallest absolute Gasteiger partial charge is 0.306 e. The number of benzene rings is 1. The van der Waals surface area contributed by atoms with Crippen molar-refractivity contribution in [2.75, 3.05) is 11.9 Å². The van der Waals surface area contributed by atoms with E-state index in [0.29, 0.717) is 28.1 Å². The minimum Gasteiger partial charge on any atom is -0.456 e. The number of anilines is 1. The van der Waals surface area contributed by atoms with Gasteiger partial charge in [-0.15, -0.1) is 0 Å². The molecule has 0 spiro atoms. The fourth-order valence-corrected chi connectivity index (χ4v) is 3.37. The lowest BCUT2D eigenvalue weighted by atomic mass is 9.86. The van der Waals surface area contributed by atoms with Crippen LogP contribution in [0.3, 0.4) is 0 Å². The summed E-state index contributed by atoms with van der Waals surface area (Å²) >= 11 is 11.7. The molecule has 1 aromatic carbocycles. The molecule has 0 aliphatic heterocycles. The first-order valence-corrected chi connectivity index (χ1v) is 8.70. The molecule has 1 fully saturated rings. The van der Waals surface area contributed by atoms with E-state index in [2.05, 4.69) is 5.32 Å². The van der Waals surface area contributed by atoms with Gasteiger partial charge in [-0.05, 0) is 30.5 Å². The van der Waals surface area contributed by atoms with Gasteiger partial charge in [0.2, 0.25) is 0 Å². The number of hydrogen-bond donors (Lipinski definition) is 1. The van der Waals surface area contributed by atoms with Crippen LogP contribution < -0.4 is 5.32 Å². The first-order chi connectivity index (χ1) is 11.0. The fourth-order valence-electron chi connectivity index (χ4n) is 2.84. The van der Waals surface area contributed by atoms with Crippen LogP contribution in [0.1, 0.15) is 44.9 Å². The Balaban J connectivity index is 1.67. The topological polar surface area (TPSA) is 55.4 Å². The van der Waals surface area contributed by atoms with E-state index >= 15 is 0 Å². The van der Waals surface area contributed by atoms with Crippen LogP contribution in [0.25, 0.3) is 0 Å². The summed E-state index contributed by atoms with van der Waals surface area (Å²) in [5.74, 6) is -0.108. The van der Waals surface area contributed by atoms with Crippen molar-refractivity contribution >= 4 is 40.8 Å². The molecule has 1 N–H and O–H groups in total. The molecule has 0 aromatic heterocycles. The highest BCUT2D eigenvalue weighted by molar-refractivity contribution is 6.35. The van der Waals surface area contributed by atoms with Gasteiger partial charge in [0.15, 0.2) is 6.61 Å². The fraction of sp³-hybridized carbons (Fsp3) is 0.529. The van der Waals surface area contributed by atoms with Crippen molar-refractivity contribution in [1.29, 1.82) is 0 Å². The Morgan fingerprint density at radius 2 is 1.74 bits per heavy atom. The number of halogens is 2. The molecule has 1 aliphatic rings. The molecule has 0 heterocycles. The van der Waals surface area contributed by atoms with Crippen LogP contribution in [0.2, 0.25) is 10.0 Å². The minimum atomic E-state index is -0.408. The summed E-state index contributed by atoms with van der Waals surface area (Å²) in [6, 6.07) is 4.73. The SMILES string of the molecule is O=C(COC(=O)CCC1CCCCC1)Nc1cc(Cl)cc(Cl)c1. The van der Waals surface area contributed by atoms with Gasteiger partial charge in [-0.3, -0.25) is 9.59 Å². The minimum absolute atomic E-state index is 0.298. The highest BCUT2D eigenvalue weighted by Gasteiger charge is 2.16. The maximum atomic E-state index is 11.8. The van der Waals surface area contributed by atoms with E-state index in [-0.39, 0.29) is 12.6 Å². The molecule has 0 radical (unpaired) electrons. The lowest BCUT2D eigenvalue weighted by molar-refractivity contribution is -0.147. The van der Waals surface area contributed by atoms with Gasteiger partial charge in [-0.2, -0.15) is 0 Å². The third-order valence-corrected chi connectivity index (χ3v) is 4.43. The predicted octanol–water partition coefficient (Wildman–Crippen LogP) is 4.84. The van der Waals surface area contributed by atoms with Gasteiger partial charge >= 0.3 is 5.97 Å². The van der Waals surface area contributed by atoms with Gasteiger partial charge < -0.3 is 10.1 Å². The van der Waals surface area contributed by atoms with Crippen LogP contribution in [0.15, 0.2) is 18.2 Å². The summed E-state index contributed by atoms with van der Waals surface area (Å²) < 4.78 is 5.01. The summed E-state index contributed by atoms with van der Waals surface area (Å²) in [7, 11) is 0. The molecule has 2 rings (SSSR count). The first kappa shape index (κ1) is 18.1. The Kier molecular flexibility index (Phi) is 7.18. The van der Waals surface area contributed by atoms with Gasteiger partial charge in [0.1, 0.15) is 0 Å². The molecule has 1 saturated carbocycles. The zero-order chi connectivity index (χ0) is 16.7. The van der Waals surface area contributed by atoms with Crippen molar-refractivity contribution in [2.24, 2.45) is 5.92 Å². The molecule has 4 nitrogen and oxygen atoms in total. The van der Waals surface area contributed by atoms with Gasteiger partial charge in [-0.1, -0.05) is 55.3 Å². The number of nitrogens with one attached hydrogen (secondary N) is 1. The number of carbonyl (C=O) groups excluding carboxylic acids is 2. The average Bonchev–Trinajstić information content (AvgIpc) is 2.51. The van der Waals surface area contributed by atoms with E-state index in [1.54, 1.807) is 18.2 Å². The molecule has 126 valence electrons. The third kappa shape index (κ3) is 6.80. The first-order valence-electron chi connectivity index (χ1n) is 7.94. The number of rotatable bonds is 6. The second-order valence-electron chi connectivity index (χ2n) is 5.91. The summed E-state index contributed by atoms with van der Waals surface area (Å²) in [4.78, 5) is 23.5. The summed E-state index contributed by atoms with van der Waals surface area (Å²) in [6.07, 6.45) is 7.43. The molecule has 0 bridgehead atoms. The van der Waals surface area contributed by atoms with Crippen LogP contribution >= 0.6 is 23.2 Å². The molecule has 1 amide bonds. The molecular weight excluding hydrogens is 337 g/mol. The van der Waals surface area contributed by atoms with E-state index in [1.165, 1.54) is 32.1 Å².